The molecule has 0 spiro atoms. The summed E-state index contributed by atoms with van der Waals surface area (Å²) in [6, 6.07) is 4.60. The van der Waals surface area contributed by atoms with Crippen LogP contribution in [0.2, 0.25) is 0 Å². The highest BCUT2D eigenvalue weighted by Crippen LogP contribution is 2.38. The second-order valence-corrected chi connectivity index (χ2v) is 9.02. The first-order chi connectivity index (χ1) is 15.3. The highest BCUT2D eigenvalue weighted by molar-refractivity contribution is 7.17. The Kier molecular flexibility index (Phi) is 5.72. The summed E-state index contributed by atoms with van der Waals surface area (Å²) >= 11 is 1.31. The number of thiophene rings is 1. The minimum atomic E-state index is -1.37. The lowest BCUT2D eigenvalue weighted by Gasteiger charge is -2.25. The van der Waals surface area contributed by atoms with Crippen molar-refractivity contribution in [3.8, 4) is 0 Å². The molecule has 4 N–H and O–H groups in total. The zero-order chi connectivity index (χ0) is 23.0. The largest absolute Gasteiger partial charge is 0.365 e. The van der Waals surface area contributed by atoms with Crippen molar-refractivity contribution < 1.29 is 23.6 Å². The van der Waals surface area contributed by atoms with Crippen LogP contribution < -0.4 is 16.4 Å². The van der Waals surface area contributed by atoms with E-state index in [4.69, 9.17) is 5.73 Å². The number of urea groups is 1. The van der Waals surface area contributed by atoms with Crippen molar-refractivity contribution in [1.82, 2.24) is 10.2 Å². The maximum Gasteiger partial charge on any atom is 0.325 e. The van der Waals surface area contributed by atoms with Gasteiger partial charge in [-0.05, 0) is 55.4 Å². The highest BCUT2D eigenvalue weighted by Gasteiger charge is 2.51. The van der Waals surface area contributed by atoms with E-state index in [2.05, 4.69) is 10.6 Å². The molecule has 1 aromatic carbocycles. The number of primary amides is 1. The fourth-order valence-corrected chi connectivity index (χ4v) is 5.68. The summed E-state index contributed by atoms with van der Waals surface area (Å²) in [4.78, 5) is 52.4. The molecule has 1 aliphatic carbocycles. The lowest BCUT2D eigenvalue weighted by molar-refractivity contribution is -0.134. The molecular weight excluding hydrogens is 435 g/mol. The van der Waals surface area contributed by atoms with E-state index in [0.717, 1.165) is 41.0 Å². The molecule has 2 aliphatic rings. The van der Waals surface area contributed by atoms with Crippen molar-refractivity contribution in [2.45, 2.75) is 44.6 Å². The van der Waals surface area contributed by atoms with Gasteiger partial charge in [-0.2, -0.15) is 0 Å². The molecule has 0 radical (unpaired) electrons. The fraction of sp³-hybridized carbons (Fsp3) is 0.364. The van der Waals surface area contributed by atoms with E-state index in [9.17, 15) is 23.6 Å². The number of hydrogen-bond donors (Lipinski definition) is 3. The van der Waals surface area contributed by atoms with Crippen molar-refractivity contribution in [2.24, 2.45) is 5.73 Å². The summed E-state index contributed by atoms with van der Waals surface area (Å²) in [6.45, 7) is 1.20. The van der Waals surface area contributed by atoms with E-state index in [-0.39, 0.29) is 6.42 Å². The van der Waals surface area contributed by atoms with Crippen molar-refractivity contribution in [3.05, 3.63) is 51.7 Å². The molecule has 0 unspecified atom stereocenters. The van der Waals surface area contributed by atoms with Crippen LogP contribution in [0.25, 0.3) is 0 Å². The number of anilines is 1. The zero-order valence-electron chi connectivity index (χ0n) is 17.5. The molecule has 1 aromatic heterocycles. The average molecular weight is 459 g/mol. The SMILES string of the molecule is CC[C@@]1(c2ccc(F)cc2)NC(=O)N(CC(=O)Nc2sc3c(c2C(N)=O)CCCC3)C1=O. The van der Waals surface area contributed by atoms with Gasteiger partial charge in [0.15, 0.2) is 0 Å². The third-order valence-corrected chi connectivity index (χ3v) is 7.22. The number of hydrogen-bond acceptors (Lipinski definition) is 5. The Bertz CT molecular complexity index is 1110. The van der Waals surface area contributed by atoms with Gasteiger partial charge in [0.2, 0.25) is 5.91 Å². The Balaban J connectivity index is 1.55. The summed E-state index contributed by atoms with van der Waals surface area (Å²) in [5, 5.41) is 5.67. The van der Waals surface area contributed by atoms with Crippen LogP contribution in [-0.2, 0) is 28.0 Å². The van der Waals surface area contributed by atoms with E-state index in [1.54, 1.807) is 6.92 Å². The Morgan fingerprint density at radius 2 is 1.91 bits per heavy atom. The Morgan fingerprint density at radius 1 is 1.22 bits per heavy atom. The van der Waals surface area contributed by atoms with Gasteiger partial charge in [-0.15, -0.1) is 11.3 Å². The monoisotopic (exact) mass is 458 g/mol. The second kappa shape index (κ2) is 8.34. The van der Waals surface area contributed by atoms with Gasteiger partial charge in [0, 0.05) is 4.88 Å². The molecule has 1 saturated heterocycles. The lowest BCUT2D eigenvalue weighted by Crippen LogP contribution is -2.44. The molecule has 2 aromatic rings. The molecule has 32 heavy (non-hydrogen) atoms. The molecule has 1 atom stereocenters. The van der Waals surface area contributed by atoms with Gasteiger partial charge in [0.05, 0.1) is 5.56 Å². The van der Waals surface area contributed by atoms with Gasteiger partial charge in [-0.3, -0.25) is 19.3 Å². The molecule has 2 heterocycles. The van der Waals surface area contributed by atoms with Gasteiger partial charge in [-0.25, -0.2) is 9.18 Å². The van der Waals surface area contributed by atoms with Crippen molar-refractivity contribution in [1.29, 1.82) is 0 Å². The minimum absolute atomic E-state index is 0.227. The first-order valence-electron chi connectivity index (χ1n) is 10.4. The number of aryl methyl sites for hydroxylation is 1. The number of carbonyl (C=O) groups is 4. The molecule has 5 amide bonds. The molecule has 0 saturated carbocycles. The van der Waals surface area contributed by atoms with Crippen LogP contribution in [0.15, 0.2) is 24.3 Å². The number of benzene rings is 1. The van der Waals surface area contributed by atoms with Crippen LogP contribution in [0, 0.1) is 5.82 Å². The minimum Gasteiger partial charge on any atom is -0.365 e. The number of nitrogens with two attached hydrogens (primary N) is 1. The molecule has 4 rings (SSSR count). The molecule has 8 nitrogen and oxygen atoms in total. The molecule has 10 heteroatoms. The highest BCUT2D eigenvalue weighted by atomic mass is 32.1. The normalized spacial score (nSPS) is 20.1. The number of fused-ring (bicyclic) bond motifs is 1. The third kappa shape index (κ3) is 3.64. The van der Waals surface area contributed by atoms with E-state index in [1.165, 1.54) is 35.6 Å². The summed E-state index contributed by atoms with van der Waals surface area (Å²) in [7, 11) is 0. The number of amides is 5. The van der Waals surface area contributed by atoms with E-state index in [1.807, 2.05) is 0 Å². The predicted octanol–water partition coefficient (Wildman–Crippen LogP) is 2.66. The summed E-state index contributed by atoms with van der Waals surface area (Å²) < 4.78 is 13.3. The predicted molar refractivity (Wildman–Crippen MR) is 117 cm³/mol. The van der Waals surface area contributed by atoms with Crippen molar-refractivity contribution in [2.75, 3.05) is 11.9 Å². The number of halogens is 1. The summed E-state index contributed by atoms with van der Waals surface area (Å²) in [5.41, 5.74) is 5.81. The van der Waals surface area contributed by atoms with Gasteiger partial charge in [0.1, 0.15) is 22.9 Å². The Morgan fingerprint density at radius 3 is 2.56 bits per heavy atom. The first-order valence-corrected chi connectivity index (χ1v) is 11.2. The van der Waals surface area contributed by atoms with E-state index < -0.39 is 41.7 Å². The zero-order valence-corrected chi connectivity index (χ0v) is 18.3. The van der Waals surface area contributed by atoms with E-state index in [0.29, 0.717) is 16.1 Å². The van der Waals surface area contributed by atoms with Gasteiger partial charge < -0.3 is 16.4 Å². The van der Waals surface area contributed by atoms with Crippen LogP contribution in [0.3, 0.4) is 0 Å². The second-order valence-electron chi connectivity index (χ2n) is 7.91. The van der Waals surface area contributed by atoms with Crippen molar-refractivity contribution >= 4 is 40.1 Å². The topological polar surface area (TPSA) is 122 Å². The van der Waals surface area contributed by atoms with Gasteiger partial charge in [0.25, 0.3) is 11.8 Å². The fourth-order valence-electron chi connectivity index (χ4n) is 4.37. The molecule has 1 fully saturated rings. The maximum absolute atomic E-state index is 13.3. The van der Waals surface area contributed by atoms with Gasteiger partial charge in [-0.1, -0.05) is 19.1 Å². The molecular formula is C22H23FN4O4S. The molecule has 0 bridgehead atoms. The van der Waals surface area contributed by atoms with Crippen LogP contribution in [0.1, 0.15) is 52.5 Å². The van der Waals surface area contributed by atoms with Crippen molar-refractivity contribution in [3.63, 3.8) is 0 Å². The average Bonchev–Trinajstić information content (AvgIpc) is 3.24. The van der Waals surface area contributed by atoms with E-state index >= 15 is 0 Å². The first kappa shape index (κ1) is 21.9. The number of nitrogens with one attached hydrogen (secondary N) is 2. The smallest absolute Gasteiger partial charge is 0.325 e. The van der Waals surface area contributed by atoms with Crippen LogP contribution in [-0.4, -0.2) is 35.2 Å². The standard InChI is InChI=1S/C22H23FN4O4S/c1-2-22(12-7-9-13(23)10-8-12)20(30)27(21(31)26-22)11-16(28)25-19-17(18(24)29)14-5-3-4-6-15(14)32-19/h7-10H,2-6,11H2,1H3,(H2,24,29)(H,25,28)(H,26,31)/t22-/m0/s1. The lowest BCUT2D eigenvalue weighted by atomic mass is 9.87. The number of imide groups is 1. The molecule has 168 valence electrons. The van der Waals surface area contributed by atoms with Crippen LogP contribution in [0.4, 0.5) is 14.2 Å². The van der Waals surface area contributed by atoms with Gasteiger partial charge >= 0.3 is 6.03 Å². The quantitative estimate of drug-likeness (QED) is 0.576. The summed E-state index contributed by atoms with van der Waals surface area (Å²) in [5.74, 6) is -2.28. The number of rotatable bonds is 6. The number of nitrogens with zero attached hydrogens (tertiary/aromatic N) is 1. The van der Waals surface area contributed by atoms with Crippen LogP contribution in [0.5, 0.6) is 0 Å². The number of carbonyl (C=O) groups excluding carboxylic acids is 4. The Labute approximate surface area is 188 Å². The maximum atomic E-state index is 13.3. The summed E-state index contributed by atoms with van der Waals surface area (Å²) in [6.07, 6.45) is 3.72. The molecule has 1 aliphatic heterocycles. The Hall–Kier alpha value is -3.27. The third-order valence-electron chi connectivity index (χ3n) is 6.02. The van der Waals surface area contributed by atoms with Crippen LogP contribution >= 0.6 is 11.3 Å².